The van der Waals surface area contributed by atoms with E-state index in [0.717, 1.165) is 30.9 Å². The normalized spacial score (nSPS) is 18.0. The van der Waals surface area contributed by atoms with Gasteiger partial charge in [0.05, 0.1) is 12.3 Å². The van der Waals surface area contributed by atoms with Crippen LogP contribution in [0.5, 0.6) is 0 Å². The molecule has 0 atom stereocenters. The van der Waals surface area contributed by atoms with Crippen LogP contribution in [0.25, 0.3) is 0 Å². The molecule has 0 unspecified atom stereocenters. The van der Waals surface area contributed by atoms with Crippen molar-refractivity contribution < 1.29 is 4.74 Å². The highest BCUT2D eigenvalue weighted by molar-refractivity contribution is 5.32. The second-order valence-electron chi connectivity index (χ2n) is 2.13. The van der Waals surface area contributed by atoms with Crippen molar-refractivity contribution >= 4 is 6.72 Å². The third-order valence-electron chi connectivity index (χ3n) is 1.48. The van der Waals surface area contributed by atoms with Crippen LogP contribution in [-0.2, 0) is 4.74 Å². The van der Waals surface area contributed by atoms with Gasteiger partial charge in [-0.15, -0.1) is 0 Å². The minimum absolute atomic E-state index is 0.778. The van der Waals surface area contributed by atoms with E-state index in [1.54, 1.807) is 6.08 Å². The van der Waals surface area contributed by atoms with E-state index in [2.05, 4.69) is 18.3 Å². The smallest absolute Gasteiger partial charge is 0.140 e. The van der Waals surface area contributed by atoms with E-state index >= 15 is 0 Å². The van der Waals surface area contributed by atoms with Gasteiger partial charge >= 0.3 is 0 Å². The number of rotatable bonds is 2. The van der Waals surface area contributed by atoms with Crippen LogP contribution in [0.1, 0.15) is 12.8 Å². The molecule has 54 valence electrons. The van der Waals surface area contributed by atoms with E-state index in [0.29, 0.717) is 0 Å². The van der Waals surface area contributed by atoms with E-state index in [9.17, 15) is 0 Å². The Balaban J connectivity index is 2.81. The zero-order valence-electron chi connectivity index (χ0n) is 5.97. The molecule has 2 nitrogen and oxygen atoms in total. The highest BCUT2D eigenvalue weighted by Gasteiger charge is 2.08. The van der Waals surface area contributed by atoms with Crippen LogP contribution in [-0.4, -0.2) is 13.3 Å². The lowest BCUT2D eigenvalue weighted by atomic mass is 10.2. The summed E-state index contributed by atoms with van der Waals surface area (Å²) < 4.78 is 5.26. The monoisotopic (exact) mass is 137 g/mol. The Bertz CT molecular complexity index is 162. The van der Waals surface area contributed by atoms with Gasteiger partial charge in [-0.05, 0) is 25.6 Å². The van der Waals surface area contributed by atoms with Crippen LogP contribution in [0.2, 0.25) is 0 Å². The van der Waals surface area contributed by atoms with Crippen LogP contribution >= 0.6 is 0 Å². The second-order valence-corrected chi connectivity index (χ2v) is 2.13. The molecule has 0 bridgehead atoms. The number of hydrogen-bond donors (Lipinski definition) is 0. The Morgan fingerprint density at radius 1 is 1.60 bits per heavy atom. The molecule has 2 heteroatoms. The average Bonchev–Trinajstić information content (AvgIpc) is 2.04. The number of allylic oxidation sites excluding steroid dienone is 2. The molecule has 1 heterocycles. The van der Waals surface area contributed by atoms with Gasteiger partial charge in [-0.3, -0.25) is 4.99 Å². The molecule has 0 spiro atoms. The molecular formula is C8H11NO. The number of hydrogen-bond acceptors (Lipinski definition) is 2. The topological polar surface area (TPSA) is 21.6 Å². The number of aliphatic imine (C=N–C) groups is 1. The Morgan fingerprint density at radius 3 is 2.90 bits per heavy atom. The lowest BCUT2D eigenvalue weighted by Crippen LogP contribution is -2.03. The van der Waals surface area contributed by atoms with Crippen LogP contribution in [0.4, 0.5) is 0 Å². The molecule has 10 heavy (non-hydrogen) atoms. The first kappa shape index (κ1) is 7.06. The zero-order valence-corrected chi connectivity index (χ0v) is 5.97. The summed E-state index contributed by atoms with van der Waals surface area (Å²) in [5, 5.41) is 0. The first-order valence-electron chi connectivity index (χ1n) is 3.33. The van der Waals surface area contributed by atoms with Gasteiger partial charge in [0.15, 0.2) is 0 Å². The predicted octanol–water partition coefficient (Wildman–Crippen LogP) is 1.89. The van der Waals surface area contributed by atoms with Crippen LogP contribution in [0.15, 0.2) is 29.1 Å². The molecule has 0 saturated heterocycles. The highest BCUT2D eigenvalue weighted by atomic mass is 16.5. The van der Waals surface area contributed by atoms with Gasteiger partial charge in [0.2, 0.25) is 0 Å². The summed E-state index contributed by atoms with van der Waals surface area (Å²) in [7, 11) is 0. The maximum Gasteiger partial charge on any atom is 0.140 e. The molecule has 0 radical (unpaired) electrons. The molecular weight excluding hydrogens is 126 g/mol. The van der Waals surface area contributed by atoms with Crippen molar-refractivity contribution in [2.75, 3.05) is 6.61 Å². The molecule has 0 aromatic carbocycles. The Morgan fingerprint density at radius 2 is 2.40 bits per heavy atom. The van der Waals surface area contributed by atoms with Crippen molar-refractivity contribution in [3.63, 3.8) is 0 Å². The fourth-order valence-electron chi connectivity index (χ4n) is 0.962. The van der Waals surface area contributed by atoms with Crippen molar-refractivity contribution in [3.8, 4) is 0 Å². The van der Waals surface area contributed by atoms with Crippen molar-refractivity contribution in [3.05, 3.63) is 24.1 Å². The number of ether oxygens (including phenoxy) is 1. The van der Waals surface area contributed by atoms with Gasteiger partial charge < -0.3 is 4.74 Å². The first-order chi connectivity index (χ1) is 4.88. The SMILES string of the molecule is C=CC1=C(N=C)CCCO1. The largest absolute Gasteiger partial charge is 0.492 e. The fraction of sp³-hybridized carbons (Fsp3) is 0.375. The van der Waals surface area contributed by atoms with Gasteiger partial charge in [-0.2, -0.15) is 0 Å². The second kappa shape index (κ2) is 3.20. The van der Waals surface area contributed by atoms with Gasteiger partial charge in [-0.1, -0.05) is 6.58 Å². The third-order valence-corrected chi connectivity index (χ3v) is 1.48. The summed E-state index contributed by atoms with van der Waals surface area (Å²) >= 11 is 0. The summed E-state index contributed by atoms with van der Waals surface area (Å²) in [5.41, 5.74) is 0.932. The summed E-state index contributed by atoms with van der Waals surface area (Å²) in [4.78, 5) is 3.83. The molecule has 1 aliphatic heterocycles. The van der Waals surface area contributed by atoms with Crippen molar-refractivity contribution in [2.45, 2.75) is 12.8 Å². The summed E-state index contributed by atoms with van der Waals surface area (Å²) in [6.07, 6.45) is 3.68. The summed E-state index contributed by atoms with van der Waals surface area (Å²) in [6.45, 7) is 7.84. The fourth-order valence-corrected chi connectivity index (χ4v) is 0.962. The Labute approximate surface area is 60.9 Å². The highest BCUT2D eigenvalue weighted by Crippen LogP contribution is 2.19. The lowest BCUT2D eigenvalue weighted by molar-refractivity contribution is 0.199. The quantitative estimate of drug-likeness (QED) is 0.532. The van der Waals surface area contributed by atoms with E-state index in [4.69, 9.17) is 4.74 Å². The van der Waals surface area contributed by atoms with E-state index in [-0.39, 0.29) is 0 Å². The summed E-state index contributed by atoms with van der Waals surface area (Å²) in [6, 6.07) is 0. The van der Waals surface area contributed by atoms with Gasteiger partial charge in [0.1, 0.15) is 5.76 Å². The van der Waals surface area contributed by atoms with Crippen LogP contribution < -0.4 is 0 Å². The average molecular weight is 137 g/mol. The van der Waals surface area contributed by atoms with E-state index < -0.39 is 0 Å². The molecule has 0 aromatic heterocycles. The predicted molar refractivity (Wildman–Crippen MR) is 42.0 cm³/mol. The Hall–Kier alpha value is -1.05. The Kier molecular flexibility index (Phi) is 2.26. The first-order valence-corrected chi connectivity index (χ1v) is 3.33. The molecule has 1 aliphatic rings. The van der Waals surface area contributed by atoms with E-state index in [1.165, 1.54) is 0 Å². The van der Waals surface area contributed by atoms with Crippen molar-refractivity contribution in [1.82, 2.24) is 0 Å². The number of nitrogens with zero attached hydrogens (tertiary/aromatic N) is 1. The van der Waals surface area contributed by atoms with Crippen LogP contribution in [0, 0.1) is 0 Å². The standard InChI is InChI=1S/C8H11NO/c1-3-8-7(9-2)5-4-6-10-8/h3H,1-2,4-6H2. The minimum atomic E-state index is 0.778. The summed E-state index contributed by atoms with van der Waals surface area (Å²) in [5.74, 6) is 0.793. The molecule has 0 fully saturated rings. The van der Waals surface area contributed by atoms with Crippen molar-refractivity contribution in [1.29, 1.82) is 0 Å². The molecule has 0 saturated carbocycles. The minimum Gasteiger partial charge on any atom is -0.492 e. The van der Waals surface area contributed by atoms with Gasteiger partial charge in [-0.25, -0.2) is 0 Å². The van der Waals surface area contributed by atoms with Crippen molar-refractivity contribution in [2.24, 2.45) is 4.99 Å². The maximum atomic E-state index is 5.26. The van der Waals surface area contributed by atoms with E-state index in [1.807, 2.05) is 0 Å². The molecule has 0 aromatic rings. The van der Waals surface area contributed by atoms with Gasteiger partial charge in [0, 0.05) is 0 Å². The molecule has 0 aliphatic carbocycles. The lowest BCUT2D eigenvalue weighted by Gasteiger charge is -2.15. The van der Waals surface area contributed by atoms with Crippen LogP contribution in [0.3, 0.4) is 0 Å². The maximum absolute atomic E-state index is 5.26. The third kappa shape index (κ3) is 1.26. The molecule has 1 rings (SSSR count). The molecule has 0 N–H and O–H groups in total. The van der Waals surface area contributed by atoms with Gasteiger partial charge in [0.25, 0.3) is 0 Å². The molecule has 0 amide bonds. The zero-order chi connectivity index (χ0) is 7.40.